The Bertz CT molecular complexity index is 522. The van der Waals surface area contributed by atoms with Crippen molar-refractivity contribution >= 4 is 21.9 Å². The first-order chi connectivity index (χ1) is 8.22. The third-order valence-corrected chi connectivity index (χ3v) is 3.96. The number of rotatable bonds is 6. The number of carboxylic acids is 1. The molecule has 0 spiro atoms. The van der Waals surface area contributed by atoms with Gasteiger partial charge in [-0.1, -0.05) is 0 Å². The molecule has 1 heterocycles. The van der Waals surface area contributed by atoms with Crippen molar-refractivity contribution in [3.63, 3.8) is 0 Å². The standard InChI is InChI=1S/C9H16N4O4S/c1-7(2)12(3)18(16,17)11-8-4-10-13(5-8)6-9(14)15/h4-5,7,11H,6H2,1-3H3,(H,14,15). The van der Waals surface area contributed by atoms with Gasteiger partial charge in [-0.2, -0.15) is 17.8 Å². The maximum absolute atomic E-state index is 11.8. The average molecular weight is 276 g/mol. The Morgan fingerprint density at radius 3 is 2.72 bits per heavy atom. The van der Waals surface area contributed by atoms with Gasteiger partial charge in [0.15, 0.2) is 0 Å². The molecule has 0 aliphatic heterocycles. The van der Waals surface area contributed by atoms with Gasteiger partial charge in [0.2, 0.25) is 0 Å². The fourth-order valence-electron chi connectivity index (χ4n) is 1.14. The second kappa shape index (κ2) is 5.36. The van der Waals surface area contributed by atoms with E-state index in [-0.39, 0.29) is 18.3 Å². The van der Waals surface area contributed by atoms with E-state index < -0.39 is 16.2 Å². The van der Waals surface area contributed by atoms with Crippen LogP contribution in [0.15, 0.2) is 12.4 Å². The molecule has 1 aromatic heterocycles. The molecule has 0 saturated carbocycles. The van der Waals surface area contributed by atoms with Gasteiger partial charge in [0.25, 0.3) is 0 Å². The molecule has 9 heteroatoms. The Hall–Kier alpha value is -1.61. The van der Waals surface area contributed by atoms with Gasteiger partial charge in [-0.15, -0.1) is 0 Å². The zero-order valence-electron chi connectivity index (χ0n) is 10.4. The molecule has 18 heavy (non-hydrogen) atoms. The zero-order chi connectivity index (χ0) is 13.9. The van der Waals surface area contributed by atoms with E-state index in [1.807, 2.05) is 0 Å². The fraction of sp³-hybridized carbons (Fsp3) is 0.556. The number of hydrogen-bond acceptors (Lipinski definition) is 4. The summed E-state index contributed by atoms with van der Waals surface area (Å²) >= 11 is 0. The predicted octanol–water partition coefficient (Wildman–Crippen LogP) is -0.0354. The molecule has 102 valence electrons. The van der Waals surface area contributed by atoms with Crippen LogP contribution in [0, 0.1) is 0 Å². The van der Waals surface area contributed by atoms with E-state index in [9.17, 15) is 13.2 Å². The highest BCUT2D eigenvalue weighted by Crippen LogP contribution is 2.11. The van der Waals surface area contributed by atoms with Gasteiger partial charge in [-0.05, 0) is 13.8 Å². The van der Waals surface area contributed by atoms with Gasteiger partial charge < -0.3 is 5.11 Å². The van der Waals surface area contributed by atoms with E-state index >= 15 is 0 Å². The summed E-state index contributed by atoms with van der Waals surface area (Å²) in [5.74, 6) is -1.05. The molecule has 0 fully saturated rings. The van der Waals surface area contributed by atoms with Crippen molar-refractivity contribution in [2.75, 3.05) is 11.8 Å². The Morgan fingerprint density at radius 2 is 2.22 bits per heavy atom. The van der Waals surface area contributed by atoms with Crippen LogP contribution in [0.5, 0.6) is 0 Å². The fourth-order valence-corrected chi connectivity index (χ4v) is 2.24. The third kappa shape index (κ3) is 3.70. The van der Waals surface area contributed by atoms with Crippen molar-refractivity contribution in [2.24, 2.45) is 0 Å². The molecule has 1 rings (SSSR count). The van der Waals surface area contributed by atoms with E-state index in [0.29, 0.717) is 0 Å². The van der Waals surface area contributed by atoms with E-state index in [4.69, 9.17) is 5.11 Å². The van der Waals surface area contributed by atoms with Crippen molar-refractivity contribution in [1.29, 1.82) is 0 Å². The monoisotopic (exact) mass is 276 g/mol. The third-order valence-electron chi connectivity index (χ3n) is 2.28. The summed E-state index contributed by atoms with van der Waals surface area (Å²) in [6, 6.07) is -0.184. The Labute approximate surface area is 105 Å². The first kappa shape index (κ1) is 14.5. The summed E-state index contributed by atoms with van der Waals surface area (Å²) in [7, 11) is -2.19. The van der Waals surface area contributed by atoms with Gasteiger partial charge in [0.1, 0.15) is 6.54 Å². The second-order valence-electron chi connectivity index (χ2n) is 4.04. The van der Waals surface area contributed by atoms with Crippen molar-refractivity contribution < 1.29 is 18.3 Å². The van der Waals surface area contributed by atoms with Crippen LogP contribution in [0.3, 0.4) is 0 Å². The van der Waals surface area contributed by atoms with Gasteiger partial charge in [0, 0.05) is 19.3 Å². The van der Waals surface area contributed by atoms with E-state index in [1.54, 1.807) is 13.8 Å². The number of aromatic nitrogens is 2. The summed E-state index contributed by atoms with van der Waals surface area (Å²) in [6.45, 7) is 3.17. The van der Waals surface area contributed by atoms with Crippen molar-refractivity contribution in [2.45, 2.75) is 26.4 Å². The molecule has 8 nitrogen and oxygen atoms in total. The number of hydrogen-bond donors (Lipinski definition) is 2. The molecule has 0 aromatic carbocycles. The maximum Gasteiger partial charge on any atom is 0.325 e. The van der Waals surface area contributed by atoms with Crippen molar-refractivity contribution in [3.05, 3.63) is 12.4 Å². The van der Waals surface area contributed by atoms with Crippen molar-refractivity contribution in [1.82, 2.24) is 14.1 Å². The summed E-state index contributed by atoms with van der Waals surface area (Å²) in [5, 5.41) is 12.3. The highest BCUT2D eigenvalue weighted by atomic mass is 32.2. The number of carbonyl (C=O) groups is 1. The predicted molar refractivity (Wildman–Crippen MR) is 65.3 cm³/mol. The lowest BCUT2D eigenvalue weighted by molar-refractivity contribution is -0.137. The van der Waals surface area contributed by atoms with Crippen LogP contribution < -0.4 is 4.72 Å². The maximum atomic E-state index is 11.8. The number of carboxylic acid groups (broad SMARTS) is 1. The smallest absolute Gasteiger partial charge is 0.325 e. The second-order valence-corrected chi connectivity index (χ2v) is 5.77. The molecule has 2 N–H and O–H groups in total. The molecular weight excluding hydrogens is 260 g/mol. The largest absolute Gasteiger partial charge is 0.480 e. The molecule has 0 atom stereocenters. The SMILES string of the molecule is CC(C)N(C)S(=O)(=O)Nc1cnn(CC(=O)O)c1. The lowest BCUT2D eigenvalue weighted by atomic mass is 10.4. The highest BCUT2D eigenvalue weighted by Gasteiger charge is 2.20. The van der Waals surface area contributed by atoms with Gasteiger partial charge >= 0.3 is 16.2 Å². The Kier molecular flexibility index (Phi) is 4.30. The molecular formula is C9H16N4O4S. The van der Waals surface area contributed by atoms with Crippen LogP contribution in [0.25, 0.3) is 0 Å². The minimum Gasteiger partial charge on any atom is -0.480 e. The zero-order valence-corrected chi connectivity index (χ0v) is 11.2. The molecule has 0 radical (unpaired) electrons. The molecule has 0 amide bonds. The summed E-state index contributed by atoms with van der Waals surface area (Å²) in [5.41, 5.74) is 0.226. The number of aliphatic carboxylic acids is 1. The Morgan fingerprint density at radius 1 is 1.61 bits per heavy atom. The molecule has 1 aromatic rings. The van der Waals surface area contributed by atoms with Crippen molar-refractivity contribution in [3.8, 4) is 0 Å². The van der Waals surface area contributed by atoms with Crippen LogP contribution >= 0.6 is 0 Å². The number of anilines is 1. The number of nitrogens with zero attached hydrogens (tertiary/aromatic N) is 3. The lowest BCUT2D eigenvalue weighted by Gasteiger charge is -2.20. The van der Waals surface area contributed by atoms with Crippen LogP contribution in [0.2, 0.25) is 0 Å². The van der Waals surface area contributed by atoms with E-state index in [2.05, 4.69) is 9.82 Å². The summed E-state index contributed by atoms with van der Waals surface area (Å²) in [6.07, 6.45) is 2.58. The molecule has 0 aliphatic carbocycles. The minimum absolute atomic E-state index is 0.184. The van der Waals surface area contributed by atoms with E-state index in [1.165, 1.54) is 23.7 Å². The topological polar surface area (TPSA) is 105 Å². The van der Waals surface area contributed by atoms with Gasteiger partial charge in [-0.25, -0.2) is 0 Å². The quantitative estimate of drug-likeness (QED) is 0.759. The average Bonchev–Trinajstić information content (AvgIpc) is 2.62. The van der Waals surface area contributed by atoms with Gasteiger partial charge in [0.05, 0.1) is 11.9 Å². The van der Waals surface area contributed by atoms with Gasteiger partial charge in [-0.3, -0.25) is 14.2 Å². The van der Waals surface area contributed by atoms with Crippen LogP contribution in [-0.2, 0) is 21.5 Å². The Balaban J connectivity index is 2.79. The van der Waals surface area contributed by atoms with Crippen LogP contribution in [0.4, 0.5) is 5.69 Å². The van der Waals surface area contributed by atoms with Crippen LogP contribution in [0.1, 0.15) is 13.8 Å². The molecule has 0 aliphatic rings. The molecule has 0 saturated heterocycles. The lowest BCUT2D eigenvalue weighted by Crippen LogP contribution is -2.37. The normalized spacial score (nSPS) is 12.1. The summed E-state index contributed by atoms with van der Waals surface area (Å²) < 4.78 is 28.3. The molecule has 0 unspecified atom stereocenters. The highest BCUT2D eigenvalue weighted by molar-refractivity contribution is 7.90. The first-order valence-corrected chi connectivity index (χ1v) is 6.66. The molecule has 0 bridgehead atoms. The van der Waals surface area contributed by atoms with Crippen LogP contribution in [-0.4, -0.2) is 46.7 Å². The minimum atomic E-state index is -3.65. The van der Waals surface area contributed by atoms with E-state index in [0.717, 1.165) is 4.68 Å². The number of nitrogens with one attached hydrogen (secondary N) is 1. The first-order valence-electron chi connectivity index (χ1n) is 5.22. The summed E-state index contributed by atoms with van der Waals surface area (Å²) in [4.78, 5) is 10.5.